The van der Waals surface area contributed by atoms with E-state index in [1.165, 1.54) is 60.0 Å². The minimum Gasteiger partial charge on any atom is -0.481 e. The molecule has 3 aromatic carbocycles. The molecule has 222 valence electrons. The number of hydrogen-bond donors (Lipinski definition) is 3. The number of alkyl halides is 1. The fourth-order valence-corrected chi connectivity index (χ4v) is 7.01. The van der Waals surface area contributed by atoms with E-state index in [2.05, 4.69) is 93.5 Å². The molecule has 0 spiro atoms. The summed E-state index contributed by atoms with van der Waals surface area (Å²) in [6, 6.07) is 15.3. The first-order valence-corrected chi connectivity index (χ1v) is 17.4. The Hall–Kier alpha value is -2.84. The monoisotopic (exact) mass is 670 g/mol. The summed E-state index contributed by atoms with van der Waals surface area (Å²) in [6.07, 6.45) is 6.33. The Balaban J connectivity index is 0.000000515. The Labute approximate surface area is 257 Å². The first kappa shape index (κ1) is 32.7. The second-order valence-corrected chi connectivity index (χ2v) is 12.6. The van der Waals surface area contributed by atoms with Gasteiger partial charge in [0.05, 0.1) is 6.42 Å². The van der Waals surface area contributed by atoms with Crippen LogP contribution in [0, 0.1) is 20.8 Å². The third-order valence-corrected chi connectivity index (χ3v) is 9.27. The number of unbranched alkanes of at least 4 members (excludes halogenated alkanes) is 1. The van der Waals surface area contributed by atoms with Crippen molar-refractivity contribution in [2.24, 2.45) is 0 Å². The SMILES string of the molecule is C=C.CCCC[IH]O.Cc1ccc(-c2c(C)c3c(c(C)c2CC(=O)O)NCc2cc(N4CCCCC4)ccc2-3)cc1. The summed E-state index contributed by atoms with van der Waals surface area (Å²) < 4.78 is 9.43. The van der Waals surface area contributed by atoms with Crippen LogP contribution < -0.4 is 10.2 Å². The molecule has 1 fully saturated rings. The van der Waals surface area contributed by atoms with E-state index in [0.29, 0.717) is 0 Å². The van der Waals surface area contributed by atoms with Gasteiger partial charge in [0.15, 0.2) is 0 Å². The number of halogens is 1. The minimum absolute atomic E-state index is 0.0194. The summed E-state index contributed by atoms with van der Waals surface area (Å²) in [5.74, 6) is -0.798. The molecule has 0 saturated carbocycles. The van der Waals surface area contributed by atoms with E-state index in [-0.39, 0.29) is 6.42 Å². The Morgan fingerprint density at radius 1 is 0.976 bits per heavy atom. The van der Waals surface area contributed by atoms with Crippen LogP contribution in [0.5, 0.6) is 0 Å². The van der Waals surface area contributed by atoms with Crippen LogP contribution in [0.15, 0.2) is 55.6 Å². The van der Waals surface area contributed by atoms with Crippen molar-refractivity contribution in [3.05, 3.63) is 83.4 Å². The molecular weight excluding hydrogens is 623 g/mol. The van der Waals surface area contributed by atoms with Crippen LogP contribution in [0.4, 0.5) is 11.4 Å². The van der Waals surface area contributed by atoms with E-state index < -0.39 is 27.6 Å². The number of piperidine rings is 1. The third-order valence-electron chi connectivity index (χ3n) is 7.92. The second kappa shape index (κ2) is 16.0. The van der Waals surface area contributed by atoms with Gasteiger partial charge in [-0.25, -0.2) is 0 Å². The number of aryl methyl sites for hydroxylation is 1. The van der Waals surface area contributed by atoms with Gasteiger partial charge in [-0.05, 0) is 91.1 Å². The quantitative estimate of drug-likeness (QED) is 0.102. The molecule has 0 unspecified atom stereocenters. The van der Waals surface area contributed by atoms with Crippen LogP contribution in [0.25, 0.3) is 22.3 Å². The number of carboxylic acid groups (broad SMARTS) is 1. The topological polar surface area (TPSA) is 72.8 Å². The molecule has 0 aliphatic carbocycles. The third kappa shape index (κ3) is 7.92. The number of nitrogens with one attached hydrogen (secondary N) is 1. The average Bonchev–Trinajstić information content (AvgIpc) is 3.00. The van der Waals surface area contributed by atoms with Crippen molar-refractivity contribution in [2.75, 3.05) is 27.7 Å². The number of benzene rings is 3. The number of hydrogen-bond acceptors (Lipinski definition) is 4. The van der Waals surface area contributed by atoms with Crippen LogP contribution in [-0.2, 0) is 17.8 Å². The molecule has 0 bridgehead atoms. The summed E-state index contributed by atoms with van der Waals surface area (Å²) >= 11 is -0.536. The van der Waals surface area contributed by atoms with Gasteiger partial charge >= 0.3 is 55.2 Å². The van der Waals surface area contributed by atoms with Gasteiger partial charge in [0.1, 0.15) is 0 Å². The van der Waals surface area contributed by atoms with Gasteiger partial charge in [-0.3, -0.25) is 4.79 Å². The maximum atomic E-state index is 11.8. The minimum atomic E-state index is -0.798. The molecule has 0 amide bonds. The number of fused-ring (bicyclic) bond motifs is 3. The Morgan fingerprint density at radius 2 is 1.66 bits per heavy atom. The van der Waals surface area contributed by atoms with Gasteiger partial charge in [0.25, 0.3) is 0 Å². The summed E-state index contributed by atoms with van der Waals surface area (Å²) in [7, 11) is 0. The molecule has 0 radical (unpaired) electrons. The van der Waals surface area contributed by atoms with Crippen molar-refractivity contribution in [2.45, 2.75) is 72.8 Å². The molecule has 0 atom stereocenters. The smallest absolute Gasteiger partial charge is 0.307 e. The van der Waals surface area contributed by atoms with E-state index in [1.807, 2.05) is 0 Å². The molecule has 2 heterocycles. The molecule has 6 heteroatoms. The van der Waals surface area contributed by atoms with Crippen LogP contribution in [-0.4, -0.2) is 32.0 Å². The molecule has 2 aliphatic heterocycles. The van der Waals surface area contributed by atoms with E-state index in [1.54, 1.807) is 0 Å². The molecule has 41 heavy (non-hydrogen) atoms. The maximum absolute atomic E-state index is 11.8. The number of aliphatic carboxylic acids is 1. The summed E-state index contributed by atoms with van der Waals surface area (Å²) in [4.78, 5) is 14.3. The van der Waals surface area contributed by atoms with Crippen LogP contribution in [0.2, 0.25) is 0 Å². The van der Waals surface area contributed by atoms with Gasteiger partial charge in [-0.15, -0.1) is 13.2 Å². The number of nitrogens with zero attached hydrogens (tertiary/aromatic N) is 1. The van der Waals surface area contributed by atoms with Gasteiger partial charge in [0.2, 0.25) is 0 Å². The second-order valence-electron chi connectivity index (χ2n) is 10.7. The van der Waals surface area contributed by atoms with Crippen molar-refractivity contribution in [1.29, 1.82) is 0 Å². The molecule has 5 nitrogen and oxygen atoms in total. The maximum Gasteiger partial charge on any atom is 0.307 e. The van der Waals surface area contributed by atoms with Crippen molar-refractivity contribution in [1.82, 2.24) is 0 Å². The molecule has 3 aromatic rings. The zero-order valence-corrected chi connectivity index (χ0v) is 27.5. The summed E-state index contributed by atoms with van der Waals surface area (Å²) in [6.45, 7) is 17.5. The largest absolute Gasteiger partial charge is 0.481 e. The molecule has 5 rings (SSSR count). The van der Waals surface area contributed by atoms with Gasteiger partial charge in [0, 0.05) is 36.6 Å². The predicted octanol–water partition coefficient (Wildman–Crippen LogP) is 8.69. The van der Waals surface area contributed by atoms with Crippen LogP contribution >= 0.6 is 21.6 Å². The van der Waals surface area contributed by atoms with E-state index in [9.17, 15) is 9.90 Å². The van der Waals surface area contributed by atoms with Crippen molar-refractivity contribution in [3.8, 4) is 22.3 Å². The van der Waals surface area contributed by atoms with Crippen LogP contribution in [0.3, 0.4) is 0 Å². The summed E-state index contributed by atoms with van der Waals surface area (Å²) in [5.41, 5.74) is 12.6. The number of rotatable bonds is 7. The Kier molecular flexibility index (Phi) is 12.7. The molecule has 1 saturated heterocycles. The van der Waals surface area contributed by atoms with Crippen molar-refractivity contribution >= 4 is 39.0 Å². The van der Waals surface area contributed by atoms with Crippen molar-refractivity contribution in [3.63, 3.8) is 0 Å². The fourth-order valence-electron chi connectivity index (χ4n) is 5.82. The normalized spacial score (nSPS) is 13.5. The summed E-state index contributed by atoms with van der Waals surface area (Å²) in [5, 5.41) is 13.3. The van der Waals surface area contributed by atoms with Crippen molar-refractivity contribution < 1.29 is 13.3 Å². The molecular formula is C35H47IN2O3. The standard InChI is InChI=1S/C29H32N2O2.C4H11IO.C2H4/c1-18-7-9-21(10-8-18)27-20(3)28-24-12-11-23(31-13-5-4-6-14-31)15-22(24)17-30-29(28)19(2)25(27)16-26(32)33;1-2-3-4-5-6;1-2/h7-12,15,30H,4-6,13-14,16-17H2,1-3H3,(H,32,33);5-6H,2-4H2,1H3;1-2H2. The molecule has 3 N–H and O–H groups in total. The van der Waals surface area contributed by atoms with E-state index in [4.69, 9.17) is 3.44 Å². The van der Waals surface area contributed by atoms with Gasteiger partial charge < -0.3 is 15.3 Å². The average molecular weight is 671 g/mol. The number of anilines is 2. The first-order chi connectivity index (χ1) is 19.8. The van der Waals surface area contributed by atoms with E-state index >= 15 is 0 Å². The first-order valence-electron chi connectivity index (χ1n) is 14.7. The van der Waals surface area contributed by atoms with E-state index in [0.717, 1.165) is 57.6 Å². The zero-order valence-electron chi connectivity index (χ0n) is 25.2. The van der Waals surface area contributed by atoms with Gasteiger partial charge in [-0.2, -0.15) is 0 Å². The molecule has 0 aromatic heterocycles. The zero-order chi connectivity index (χ0) is 29.9. The Bertz CT molecular complexity index is 1310. The van der Waals surface area contributed by atoms with Crippen LogP contribution in [0.1, 0.15) is 66.8 Å². The molecule has 2 aliphatic rings. The fraction of sp³-hybridized carbons (Fsp3) is 0.400. The predicted molar refractivity (Wildman–Crippen MR) is 185 cm³/mol. The van der Waals surface area contributed by atoms with Gasteiger partial charge in [-0.1, -0.05) is 35.9 Å². The Morgan fingerprint density at radius 3 is 2.24 bits per heavy atom. The number of carboxylic acids is 1. The number of carbonyl (C=O) groups is 1.